The number of nitrogens with one attached hydrogen (secondary N) is 1. The molecule has 1 aliphatic rings. The van der Waals surface area contributed by atoms with Crippen LogP contribution in [0.5, 0.6) is 0 Å². The van der Waals surface area contributed by atoms with Gasteiger partial charge in [-0.1, -0.05) is 30.7 Å². The highest BCUT2D eigenvalue weighted by Crippen LogP contribution is 2.25. The molecule has 5 heteroatoms. The Hall–Kier alpha value is -1.52. The number of rotatable bonds is 5. The van der Waals surface area contributed by atoms with Crippen molar-refractivity contribution >= 4 is 17.4 Å². The van der Waals surface area contributed by atoms with Gasteiger partial charge in [0.25, 0.3) is 0 Å². The van der Waals surface area contributed by atoms with Crippen LogP contribution in [-0.2, 0) is 6.54 Å². The molecule has 0 amide bonds. The minimum Gasteiger partial charge on any atom is -0.366 e. The van der Waals surface area contributed by atoms with Gasteiger partial charge in [-0.05, 0) is 37.1 Å². The van der Waals surface area contributed by atoms with Crippen molar-refractivity contribution in [2.75, 3.05) is 25.0 Å². The van der Waals surface area contributed by atoms with Gasteiger partial charge in [0.15, 0.2) is 0 Å². The maximum Gasteiger partial charge on any atom is 0.124 e. The number of likely N-dealkylation sites (tertiary alicyclic amines) is 1. The second kappa shape index (κ2) is 7.16. The third kappa shape index (κ3) is 3.62. The van der Waals surface area contributed by atoms with Crippen molar-refractivity contribution < 1.29 is 0 Å². The molecule has 0 bridgehead atoms. The van der Waals surface area contributed by atoms with Crippen LogP contribution in [0.2, 0.25) is 5.02 Å². The van der Waals surface area contributed by atoms with Gasteiger partial charge < -0.3 is 10.2 Å². The smallest absolute Gasteiger partial charge is 0.124 e. The molecule has 1 aliphatic heterocycles. The van der Waals surface area contributed by atoms with Gasteiger partial charge >= 0.3 is 0 Å². The second-order valence-corrected chi connectivity index (χ2v) is 6.24. The van der Waals surface area contributed by atoms with Gasteiger partial charge in [0.1, 0.15) is 5.82 Å². The van der Waals surface area contributed by atoms with E-state index in [4.69, 9.17) is 11.6 Å². The summed E-state index contributed by atoms with van der Waals surface area (Å²) in [5.41, 5.74) is 1.22. The van der Waals surface area contributed by atoms with Crippen molar-refractivity contribution in [3.05, 3.63) is 47.1 Å². The molecule has 1 aromatic heterocycles. The van der Waals surface area contributed by atoms with Crippen LogP contribution in [0, 0.1) is 0 Å². The number of anilines is 1. The predicted octanol–water partition coefficient (Wildman–Crippen LogP) is 3.81. The molecule has 0 unspecified atom stereocenters. The molecule has 0 aliphatic carbocycles. The van der Waals surface area contributed by atoms with Gasteiger partial charge in [-0.25, -0.2) is 4.68 Å². The van der Waals surface area contributed by atoms with Crippen LogP contribution in [0.1, 0.15) is 31.4 Å². The molecule has 1 aromatic carbocycles. The third-order valence-electron chi connectivity index (χ3n) is 4.41. The highest BCUT2D eigenvalue weighted by molar-refractivity contribution is 6.30. The van der Waals surface area contributed by atoms with Crippen LogP contribution in [0.15, 0.2) is 36.5 Å². The molecule has 3 rings (SSSR count). The number of aromatic nitrogens is 2. The van der Waals surface area contributed by atoms with E-state index < -0.39 is 0 Å². The molecule has 1 N–H and O–H groups in total. The molecule has 1 saturated heterocycles. The molecule has 22 heavy (non-hydrogen) atoms. The van der Waals surface area contributed by atoms with Crippen LogP contribution < -0.4 is 5.32 Å². The summed E-state index contributed by atoms with van der Waals surface area (Å²) in [7, 11) is 0. The van der Waals surface area contributed by atoms with E-state index in [0.29, 0.717) is 6.04 Å². The Morgan fingerprint density at radius 2 is 1.91 bits per heavy atom. The van der Waals surface area contributed by atoms with Gasteiger partial charge in [-0.15, -0.1) is 0 Å². The lowest BCUT2D eigenvalue weighted by atomic mass is 10.1. The molecule has 0 atom stereocenters. The molecule has 1 fully saturated rings. The van der Waals surface area contributed by atoms with E-state index in [9.17, 15) is 0 Å². The van der Waals surface area contributed by atoms with Crippen LogP contribution in [0.4, 0.5) is 5.82 Å². The van der Waals surface area contributed by atoms with Crippen molar-refractivity contribution in [1.82, 2.24) is 14.7 Å². The Balaban J connectivity index is 1.61. The fourth-order valence-corrected chi connectivity index (χ4v) is 3.15. The molecule has 2 heterocycles. The number of nitrogens with zero attached hydrogens (tertiary/aromatic N) is 3. The van der Waals surface area contributed by atoms with Gasteiger partial charge in [0, 0.05) is 30.7 Å². The molecule has 2 aromatic rings. The Morgan fingerprint density at radius 1 is 1.18 bits per heavy atom. The lowest BCUT2D eigenvalue weighted by Gasteiger charge is -2.31. The van der Waals surface area contributed by atoms with Gasteiger partial charge in [-0.3, -0.25) is 0 Å². The first-order chi connectivity index (χ1) is 10.8. The largest absolute Gasteiger partial charge is 0.366 e. The normalized spacial score (nSPS) is 16.8. The van der Waals surface area contributed by atoms with E-state index in [1.165, 1.54) is 18.4 Å². The van der Waals surface area contributed by atoms with Crippen molar-refractivity contribution in [2.24, 2.45) is 0 Å². The predicted molar refractivity (Wildman–Crippen MR) is 91.4 cm³/mol. The fraction of sp³-hybridized carbons (Fsp3) is 0.471. The summed E-state index contributed by atoms with van der Waals surface area (Å²) < 4.78 is 2.16. The Kier molecular flexibility index (Phi) is 5.01. The summed E-state index contributed by atoms with van der Waals surface area (Å²) in [6.07, 6.45) is 4.23. The first-order valence-corrected chi connectivity index (χ1v) is 8.38. The lowest BCUT2D eigenvalue weighted by Crippen LogP contribution is -2.34. The Labute approximate surface area is 137 Å². The van der Waals surface area contributed by atoms with E-state index in [1.807, 2.05) is 18.3 Å². The zero-order valence-corrected chi connectivity index (χ0v) is 13.8. The second-order valence-electron chi connectivity index (χ2n) is 5.81. The molecule has 0 spiro atoms. The zero-order valence-electron chi connectivity index (χ0n) is 13.0. The van der Waals surface area contributed by atoms with E-state index in [2.05, 4.69) is 45.1 Å². The fourth-order valence-electron chi connectivity index (χ4n) is 3.02. The average Bonchev–Trinajstić information content (AvgIpc) is 3.03. The molecule has 4 nitrogen and oxygen atoms in total. The first kappa shape index (κ1) is 15.4. The van der Waals surface area contributed by atoms with Gasteiger partial charge in [0.05, 0.1) is 12.2 Å². The number of benzene rings is 1. The Bertz CT molecular complexity index is 585. The van der Waals surface area contributed by atoms with Crippen molar-refractivity contribution in [1.29, 1.82) is 0 Å². The highest BCUT2D eigenvalue weighted by Gasteiger charge is 2.21. The zero-order chi connectivity index (χ0) is 15.4. The summed E-state index contributed by atoms with van der Waals surface area (Å²) in [6.45, 7) is 6.49. The molecular formula is C17H23ClN4. The number of hydrogen-bond acceptors (Lipinski definition) is 3. The van der Waals surface area contributed by atoms with Gasteiger partial charge in [0.2, 0.25) is 0 Å². The molecule has 118 valence electrons. The van der Waals surface area contributed by atoms with Crippen molar-refractivity contribution in [2.45, 2.75) is 32.4 Å². The van der Waals surface area contributed by atoms with Crippen molar-refractivity contribution in [3.8, 4) is 0 Å². The van der Waals surface area contributed by atoms with Gasteiger partial charge in [-0.2, -0.15) is 5.10 Å². The summed E-state index contributed by atoms with van der Waals surface area (Å²) in [5, 5.41) is 8.80. The number of piperidine rings is 1. The summed E-state index contributed by atoms with van der Waals surface area (Å²) >= 11 is 5.92. The monoisotopic (exact) mass is 318 g/mol. The quantitative estimate of drug-likeness (QED) is 0.910. The van der Waals surface area contributed by atoms with Crippen LogP contribution in [0.3, 0.4) is 0 Å². The number of halogens is 1. The summed E-state index contributed by atoms with van der Waals surface area (Å²) in [5.74, 6) is 1.10. The van der Waals surface area contributed by atoms with E-state index in [1.54, 1.807) is 0 Å². The maximum atomic E-state index is 5.92. The third-order valence-corrected chi connectivity index (χ3v) is 4.66. The van der Waals surface area contributed by atoms with E-state index in [-0.39, 0.29) is 0 Å². The average molecular weight is 319 g/mol. The summed E-state index contributed by atoms with van der Waals surface area (Å²) in [4.78, 5) is 2.50. The minimum absolute atomic E-state index is 0.505. The first-order valence-electron chi connectivity index (χ1n) is 8.00. The van der Waals surface area contributed by atoms with Crippen LogP contribution in [0.25, 0.3) is 0 Å². The summed E-state index contributed by atoms with van der Waals surface area (Å²) in [6, 6.07) is 10.5. The van der Waals surface area contributed by atoms with Crippen molar-refractivity contribution in [3.63, 3.8) is 0 Å². The molecule has 0 radical (unpaired) electrons. The Morgan fingerprint density at radius 3 is 2.59 bits per heavy atom. The SMILES string of the molecule is CCN1CCC(n2nccc2NCc2ccc(Cl)cc2)CC1. The highest BCUT2D eigenvalue weighted by atomic mass is 35.5. The molecule has 0 saturated carbocycles. The maximum absolute atomic E-state index is 5.92. The van der Waals surface area contributed by atoms with E-state index >= 15 is 0 Å². The standard InChI is InChI=1S/C17H23ClN4/c1-2-21-11-8-16(9-12-21)22-17(7-10-20-22)19-13-14-3-5-15(18)6-4-14/h3-7,10,16,19H,2,8-9,11-13H2,1H3. The van der Waals surface area contributed by atoms with E-state index in [0.717, 1.165) is 37.0 Å². The molecular weight excluding hydrogens is 296 g/mol. The topological polar surface area (TPSA) is 33.1 Å². The number of hydrogen-bond donors (Lipinski definition) is 1. The van der Waals surface area contributed by atoms with Crippen LogP contribution in [-0.4, -0.2) is 34.3 Å². The van der Waals surface area contributed by atoms with Crippen LogP contribution >= 0.6 is 11.6 Å². The minimum atomic E-state index is 0.505. The lowest BCUT2D eigenvalue weighted by molar-refractivity contribution is 0.188.